The van der Waals surface area contributed by atoms with Crippen molar-refractivity contribution in [3.63, 3.8) is 0 Å². The van der Waals surface area contributed by atoms with Crippen molar-refractivity contribution < 1.29 is 9.26 Å². The topological polar surface area (TPSA) is 66.2 Å². The fourth-order valence-corrected chi connectivity index (χ4v) is 2.20. The number of aryl methyl sites for hydroxylation is 1. The van der Waals surface area contributed by atoms with Crippen LogP contribution in [0.1, 0.15) is 0 Å². The van der Waals surface area contributed by atoms with Crippen molar-refractivity contribution in [2.24, 2.45) is 7.05 Å². The highest BCUT2D eigenvalue weighted by atomic mass is 16.5. The summed E-state index contributed by atoms with van der Waals surface area (Å²) in [5.74, 6) is 1.14. The maximum Gasteiger partial charge on any atom is 0.222 e. The molecule has 3 rings (SSSR count). The van der Waals surface area contributed by atoms with Crippen LogP contribution in [0, 0.1) is 0 Å². The quantitative estimate of drug-likeness (QED) is 0.750. The van der Waals surface area contributed by atoms with Crippen LogP contribution in [0.2, 0.25) is 0 Å². The number of para-hydroxylation sites is 1. The first-order valence-corrected chi connectivity index (χ1v) is 5.55. The first-order chi connectivity index (χ1) is 8.70. The third-order valence-corrected chi connectivity index (χ3v) is 3.03. The van der Waals surface area contributed by atoms with Crippen LogP contribution in [0.25, 0.3) is 22.3 Å². The Labute approximate surface area is 104 Å². The number of fused-ring (bicyclic) bond motifs is 1. The van der Waals surface area contributed by atoms with Gasteiger partial charge in [0.1, 0.15) is 11.4 Å². The van der Waals surface area contributed by atoms with E-state index in [1.807, 2.05) is 35.9 Å². The van der Waals surface area contributed by atoms with Gasteiger partial charge in [0.15, 0.2) is 0 Å². The summed E-state index contributed by atoms with van der Waals surface area (Å²) < 4.78 is 12.3. The zero-order valence-electron chi connectivity index (χ0n) is 10.2. The molecule has 5 nitrogen and oxygen atoms in total. The Kier molecular flexibility index (Phi) is 2.26. The third kappa shape index (κ3) is 1.44. The number of rotatable bonds is 2. The number of benzene rings is 1. The Bertz CT molecular complexity index is 712. The lowest BCUT2D eigenvalue weighted by molar-refractivity contribution is 0.418. The van der Waals surface area contributed by atoms with Gasteiger partial charge in [-0.2, -0.15) is 0 Å². The highest BCUT2D eigenvalue weighted by Crippen LogP contribution is 2.32. The second-order valence-corrected chi connectivity index (χ2v) is 4.10. The molecule has 0 unspecified atom stereocenters. The average molecular weight is 243 g/mol. The second kappa shape index (κ2) is 3.80. The Morgan fingerprint density at radius 1 is 1.33 bits per heavy atom. The van der Waals surface area contributed by atoms with Crippen molar-refractivity contribution in [2.45, 2.75) is 0 Å². The van der Waals surface area contributed by atoms with Crippen LogP contribution in [-0.4, -0.2) is 16.8 Å². The van der Waals surface area contributed by atoms with Crippen LogP contribution in [0.5, 0.6) is 5.75 Å². The normalized spacial score (nSPS) is 11.0. The van der Waals surface area contributed by atoms with Crippen molar-refractivity contribution in [1.29, 1.82) is 0 Å². The molecule has 2 N–H and O–H groups in total. The van der Waals surface area contributed by atoms with Gasteiger partial charge in [0, 0.05) is 18.5 Å². The number of nitrogens with two attached hydrogens (primary N) is 1. The predicted octanol–water partition coefficient (Wildman–Crippen LogP) is 2.42. The molecule has 0 aliphatic heterocycles. The fourth-order valence-electron chi connectivity index (χ4n) is 2.20. The molecule has 18 heavy (non-hydrogen) atoms. The first kappa shape index (κ1) is 10.7. The van der Waals surface area contributed by atoms with Gasteiger partial charge < -0.3 is 19.6 Å². The van der Waals surface area contributed by atoms with Crippen molar-refractivity contribution in [2.75, 3.05) is 12.8 Å². The highest BCUT2D eigenvalue weighted by molar-refractivity contribution is 5.91. The van der Waals surface area contributed by atoms with Gasteiger partial charge in [-0.05, 0) is 12.1 Å². The molecule has 0 spiro atoms. The third-order valence-electron chi connectivity index (χ3n) is 3.03. The molecule has 0 fully saturated rings. The van der Waals surface area contributed by atoms with Crippen LogP contribution >= 0.6 is 0 Å². The molecule has 0 radical (unpaired) electrons. The standard InChI is InChI=1S/C13H13N3O2/c1-16-10(9-7-12(14)18-15-9)6-8-4-3-5-11(17-2)13(8)16/h3-7H,14H2,1-2H3. The lowest BCUT2D eigenvalue weighted by Gasteiger charge is -2.05. The van der Waals surface area contributed by atoms with Gasteiger partial charge in [0.2, 0.25) is 5.88 Å². The number of aromatic nitrogens is 2. The van der Waals surface area contributed by atoms with Crippen LogP contribution in [0.15, 0.2) is 34.9 Å². The molecule has 0 atom stereocenters. The molecule has 0 saturated carbocycles. The number of nitrogen functional groups attached to an aromatic ring is 1. The summed E-state index contributed by atoms with van der Waals surface area (Å²) in [5, 5.41) is 5.03. The number of hydrogen-bond acceptors (Lipinski definition) is 4. The zero-order valence-corrected chi connectivity index (χ0v) is 10.2. The summed E-state index contributed by atoms with van der Waals surface area (Å²) in [7, 11) is 3.63. The summed E-state index contributed by atoms with van der Waals surface area (Å²) >= 11 is 0. The van der Waals surface area contributed by atoms with E-state index in [0.29, 0.717) is 11.6 Å². The molecular weight excluding hydrogens is 230 g/mol. The van der Waals surface area contributed by atoms with E-state index in [0.717, 1.165) is 22.3 Å². The predicted molar refractivity (Wildman–Crippen MR) is 69.4 cm³/mol. The number of ether oxygens (including phenoxy) is 1. The lowest BCUT2D eigenvalue weighted by atomic mass is 10.2. The first-order valence-electron chi connectivity index (χ1n) is 5.55. The summed E-state index contributed by atoms with van der Waals surface area (Å²) in [5.41, 5.74) is 8.23. The molecule has 0 amide bonds. The fraction of sp³-hybridized carbons (Fsp3) is 0.154. The average Bonchev–Trinajstić information content (AvgIpc) is 2.93. The van der Waals surface area contributed by atoms with Crippen LogP contribution in [0.4, 0.5) is 5.88 Å². The molecule has 5 heteroatoms. The molecule has 0 saturated heterocycles. The number of anilines is 1. The Morgan fingerprint density at radius 2 is 2.17 bits per heavy atom. The van der Waals surface area contributed by atoms with E-state index in [2.05, 4.69) is 5.16 Å². The molecule has 0 aliphatic carbocycles. The summed E-state index contributed by atoms with van der Waals surface area (Å²) in [6, 6.07) is 9.67. The van der Waals surface area contributed by atoms with E-state index in [4.69, 9.17) is 15.0 Å². The number of nitrogens with zero attached hydrogens (tertiary/aromatic N) is 2. The summed E-state index contributed by atoms with van der Waals surface area (Å²) in [4.78, 5) is 0. The van der Waals surface area contributed by atoms with Gasteiger partial charge in [-0.1, -0.05) is 17.3 Å². The van der Waals surface area contributed by atoms with Crippen LogP contribution < -0.4 is 10.5 Å². The SMILES string of the molecule is COc1cccc2cc(-c3cc(N)on3)n(C)c12. The van der Waals surface area contributed by atoms with E-state index < -0.39 is 0 Å². The van der Waals surface area contributed by atoms with Crippen molar-refractivity contribution in [1.82, 2.24) is 9.72 Å². The van der Waals surface area contributed by atoms with E-state index in [1.54, 1.807) is 13.2 Å². The van der Waals surface area contributed by atoms with Crippen molar-refractivity contribution >= 4 is 16.8 Å². The second-order valence-electron chi connectivity index (χ2n) is 4.10. The van der Waals surface area contributed by atoms with Crippen molar-refractivity contribution in [3.8, 4) is 17.1 Å². The molecule has 3 aromatic rings. The van der Waals surface area contributed by atoms with Crippen LogP contribution in [-0.2, 0) is 7.05 Å². The van der Waals surface area contributed by atoms with Gasteiger partial charge in [-0.25, -0.2) is 0 Å². The molecule has 2 aromatic heterocycles. The van der Waals surface area contributed by atoms with E-state index in [1.165, 1.54) is 0 Å². The minimum atomic E-state index is 0.308. The monoisotopic (exact) mass is 243 g/mol. The molecular formula is C13H13N3O2. The largest absolute Gasteiger partial charge is 0.495 e. The van der Waals surface area contributed by atoms with Gasteiger partial charge in [-0.15, -0.1) is 0 Å². The smallest absolute Gasteiger partial charge is 0.222 e. The lowest BCUT2D eigenvalue weighted by Crippen LogP contribution is -1.93. The van der Waals surface area contributed by atoms with Gasteiger partial charge >= 0.3 is 0 Å². The number of hydrogen-bond donors (Lipinski definition) is 1. The molecule has 0 bridgehead atoms. The Balaban J connectivity index is 2.29. The molecule has 1 aromatic carbocycles. The van der Waals surface area contributed by atoms with Gasteiger partial charge in [0.25, 0.3) is 0 Å². The van der Waals surface area contributed by atoms with Crippen LogP contribution in [0.3, 0.4) is 0 Å². The van der Waals surface area contributed by atoms with Gasteiger partial charge in [0.05, 0.1) is 18.3 Å². The zero-order chi connectivity index (χ0) is 12.7. The Hall–Kier alpha value is -2.43. The summed E-state index contributed by atoms with van der Waals surface area (Å²) in [6.07, 6.45) is 0. The van der Waals surface area contributed by atoms with E-state index in [-0.39, 0.29) is 0 Å². The highest BCUT2D eigenvalue weighted by Gasteiger charge is 2.14. The van der Waals surface area contributed by atoms with E-state index >= 15 is 0 Å². The molecule has 2 heterocycles. The maximum atomic E-state index is 5.55. The Morgan fingerprint density at radius 3 is 2.83 bits per heavy atom. The molecule has 92 valence electrons. The van der Waals surface area contributed by atoms with Crippen molar-refractivity contribution in [3.05, 3.63) is 30.3 Å². The minimum absolute atomic E-state index is 0.308. The maximum absolute atomic E-state index is 5.55. The number of methoxy groups -OCH3 is 1. The van der Waals surface area contributed by atoms with E-state index in [9.17, 15) is 0 Å². The molecule has 0 aliphatic rings. The summed E-state index contributed by atoms with van der Waals surface area (Å²) in [6.45, 7) is 0. The minimum Gasteiger partial charge on any atom is -0.495 e. The van der Waals surface area contributed by atoms with Gasteiger partial charge in [-0.3, -0.25) is 0 Å².